The molecule has 2 aromatic carbocycles. The molecule has 0 saturated heterocycles. The number of benzene rings is 2. The number of aromatic nitrogens is 1. The third kappa shape index (κ3) is 2.88. The molecule has 0 bridgehead atoms. The standard InChI is InChI=1S/C17H15FN2O3/c1-10(2)20-14-7-6-13(9-15(14)23-17(20)22)19-16(21)11-4-3-5-12(18)8-11/h3-10H,1-2H3,(H,19,21). The Hall–Kier alpha value is -2.89. The second-order valence-electron chi connectivity index (χ2n) is 5.48. The van der Waals surface area contributed by atoms with Crippen molar-refractivity contribution in [3.05, 3.63) is 64.4 Å². The van der Waals surface area contributed by atoms with E-state index < -0.39 is 17.5 Å². The normalized spacial score (nSPS) is 11.1. The minimum absolute atomic E-state index is 0.0310. The second-order valence-corrected chi connectivity index (χ2v) is 5.48. The van der Waals surface area contributed by atoms with E-state index in [-0.39, 0.29) is 11.6 Å². The molecular formula is C17H15FN2O3. The van der Waals surface area contributed by atoms with Gasteiger partial charge < -0.3 is 9.73 Å². The second kappa shape index (κ2) is 5.72. The Morgan fingerprint density at radius 3 is 2.70 bits per heavy atom. The molecule has 1 amide bonds. The number of fused-ring (bicyclic) bond motifs is 1. The van der Waals surface area contributed by atoms with E-state index in [0.717, 1.165) is 6.07 Å². The predicted molar refractivity (Wildman–Crippen MR) is 85.2 cm³/mol. The first-order valence-electron chi connectivity index (χ1n) is 7.17. The topological polar surface area (TPSA) is 64.2 Å². The van der Waals surface area contributed by atoms with Crippen LogP contribution in [0.5, 0.6) is 0 Å². The Balaban J connectivity index is 1.92. The van der Waals surface area contributed by atoms with Crippen LogP contribution in [0, 0.1) is 5.82 Å². The SMILES string of the molecule is CC(C)n1c(=O)oc2cc(NC(=O)c3cccc(F)c3)ccc21. The summed E-state index contributed by atoms with van der Waals surface area (Å²) in [6.45, 7) is 3.77. The Kier molecular flexibility index (Phi) is 3.73. The number of oxazole rings is 1. The van der Waals surface area contributed by atoms with E-state index in [0.29, 0.717) is 16.8 Å². The molecule has 118 valence electrons. The van der Waals surface area contributed by atoms with Gasteiger partial charge in [0.1, 0.15) is 5.82 Å². The van der Waals surface area contributed by atoms with Crippen LogP contribution >= 0.6 is 0 Å². The van der Waals surface area contributed by atoms with Crippen LogP contribution in [0.15, 0.2) is 51.7 Å². The van der Waals surface area contributed by atoms with Gasteiger partial charge in [0.25, 0.3) is 5.91 Å². The summed E-state index contributed by atoms with van der Waals surface area (Å²) in [5, 5.41) is 2.66. The number of nitrogens with one attached hydrogen (secondary N) is 1. The molecule has 23 heavy (non-hydrogen) atoms. The van der Waals surface area contributed by atoms with Crippen molar-refractivity contribution in [3.63, 3.8) is 0 Å². The molecule has 6 heteroatoms. The predicted octanol–water partition coefficient (Wildman–Crippen LogP) is 3.57. The first-order chi connectivity index (χ1) is 11.0. The molecule has 0 unspecified atom stereocenters. The van der Waals surface area contributed by atoms with E-state index in [4.69, 9.17) is 4.42 Å². The number of nitrogens with zero attached hydrogens (tertiary/aromatic N) is 1. The summed E-state index contributed by atoms with van der Waals surface area (Å²) >= 11 is 0. The van der Waals surface area contributed by atoms with Gasteiger partial charge in [0.05, 0.1) is 5.52 Å². The van der Waals surface area contributed by atoms with Gasteiger partial charge in [0.15, 0.2) is 5.58 Å². The van der Waals surface area contributed by atoms with Crippen LogP contribution < -0.4 is 11.1 Å². The van der Waals surface area contributed by atoms with Crippen molar-refractivity contribution in [2.45, 2.75) is 19.9 Å². The van der Waals surface area contributed by atoms with Crippen LogP contribution in [0.4, 0.5) is 10.1 Å². The van der Waals surface area contributed by atoms with Crippen LogP contribution in [-0.4, -0.2) is 10.5 Å². The average Bonchev–Trinajstić information content (AvgIpc) is 2.82. The van der Waals surface area contributed by atoms with E-state index in [1.807, 2.05) is 13.8 Å². The van der Waals surface area contributed by atoms with Gasteiger partial charge in [-0.25, -0.2) is 9.18 Å². The van der Waals surface area contributed by atoms with Crippen LogP contribution in [0.25, 0.3) is 11.1 Å². The largest absolute Gasteiger partial charge is 0.420 e. The third-order valence-electron chi connectivity index (χ3n) is 3.47. The molecule has 0 aliphatic carbocycles. The molecule has 5 nitrogen and oxygen atoms in total. The first-order valence-corrected chi connectivity index (χ1v) is 7.17. The molecule has 1 N–H and O–H groups in total. The molecule has 0 radical (unpaired) electrons. The lowest BCUT2D eigenvalue weighted by atomic mass is 10.2. The highest BCUT2D eigenvalue weighted by Crippen LogP contribution is 2.21. The summed E-state index contributed by atoms with van der Waals surface area (Å²) in [6.07, 6.45) is 0. The third-order valence-corrected chi connectivity index (χ3v) is 3.47. The Bertz CT molecular complexity index is 940. The molecular weight excluding hydrogens is 299 g/mol. The zero-order valence-corrected chi connectivity index (χ0v) is 12.7. The molecule has 0 saturated carbocycles. The van der Waals surface area contributed by atoms with Gasteiger partial charge in [0, 0.05) is 23.4 Å². The van der Waals surface area contributed by atoms with Crippen LogP contribution in [-0.2, 0) is 0 Å². The van der Waals surface area contributed by atoms with Gasteiger partial charge in [-0.05, 0) is 44.2 Å². The summed E-state index contributed by atoms with van der Waals surface area (Å²) in [4.78, 5) is 23.9. The Labute approximate surface area is 131 Å². The van der Waals surface area contributed by atoms with Gasteiger partial charge in [-0.15, -0.1) is 0 Å². The minimum Gasteiger partial charge on any atom is -0.408 e. The fraction of sp³-hybridized carbons (Fsp3) is 0.176. The van der Waals surface area contributed by atoms with Crippen LogP contribution in [0.3, 0.4) is 0 Å². The maximum absolute atomic E-state index is 13.2. The zero-order valence-electron chi connectivity index (χ0n) is 12.7. The van der Waals surface area contributed by atoms with Gasteiger partial charge in [-0.1, -0.05) is 6.07 Å². The Morgan fingerprint density at radius 2 is 2.00 bits per heavy atom. The van der Waals surface area contributed by atoms with Crippen molar-refractivity contribution >= 4 is 22.7 Å². The van der Waals surface area contributed by atoms with Crippen molar-refractivity contribution in [2.24, 2.45) is 0 Å². The highest BCUT2D eigenvalue weighted by atomic mass is 19.1. The molecule has 3 aromatic rings. The van der Waals surface area contributed by atoms with Crippen molar-refractivity contribution in [1.29, 1.82) is 0 Å². The number of rotatable bonds is 3. The first kappa shape index (κ1) is 15.0. The van der Waals surface area contributed by atoms with Crippen LogP contribution in [0.2, 0.25) is 0 Å². The van der Waals surface area contributed by atoms with Gasteiger partial charge in [0.2, 0.25) is 0 Å². The number of hydrogen-bond acceptors (Lipinski definition) is 3. The summed E-state index contributed by atoms with van der Waals surface area (Å²) in [5.41, 5.74) is 1.73. The molecule has 3 rings (SSSR count). The van der Waals surface area contributed by atoms with E-state index in [2.05, 4.69) is 5.32 Å². The van der Waals surface area contributed by atoms with Crippen molar-refractivity contribution < 1.29 is 13.6 Å². The van der Waals surface area contributed by atoms with Gasteiger partial charge in [-0.2, -0.15) is 0 Å². The lowest BCUT2D eigenvalue weighted by Crippen LogP contribution is -2.15. The number of carbonyl (C=O) groups is 1. The molecule has 1 heterocycles. The molecule has 1 aromatic heterocycles. The van der Waals surface area contributed by atoms with E-state index in [9.17, 15) is 14.0 Å². The van der Waals surface area contributed by atoms with E-state index in [1.165, 1.54) is 22.8 Å². The minimum atomic E-state index is -0.479. The number of carbonyl (C=O) groups excluding carboxylic acids is 1. The maximum Gasteiger partial charge on any atom is 0.420 e. The van der Waals surface area contributed by atoms with E-state index >= 15 is 0 Å². The molecule has 0 fully saturated rings. The smallest absolute Gasteiger partial charge is 0.408 e. The highest BCUT2D eigenvalue weighted by molar-refractivity contribution is 6.04. The lowest BCUT2D eigenvalue weighted by molar-refractivity contribution is 0.102. The van der Waals surface area contributed by atoms with Crippen LogP contribution in [0.1, 0.15) is 30.2 Å². The number of amides is 1. The zero-order chi connectivity index (χ0) is 16.6. The molecule has 0 atom stereocenters. The van der Waals surface area contributed by atoms with Crippen molar-refractivity contribution in [3.8, 4) is 0 Å². The van der Waals surface area contributed by atoms with Crippen molar-refractivity contribution in [1.82, 2.24) is 4.57 Å². The molecule has 0 aliphatic rings. The maximum atomic E-state index is 13.2. The lowest BCUT2D eigenvalue weighted by Gasteiger charge is -2.07. The average molecular weight is 314 g/mol. The molecule has 0 spiro atoms. The van der Waals surface area contributed by atoms with Crippen molar-refractivity contribution in [2.75, 3.05) is 5.32 Å². The quantitative estimate of drug-likeness (QED) is 0.804. The van der Waals surface area contributed by atoms with Gasteiger partial charge >= 0.3 is 5.76 Å². The monoisotopic (exact) mass is 314 g/mol. The summed E-state index contributed by atoms with van der Waals surface area (Å²) in [5.74, 6) is -1.36. The van der Waals surface area contributed by atoms with Gasteiger partial charge in [-0.3, -0.25) is 9.36 Å². The highest BCUT2D eigenvalue weighted by Gasteiger charge is 2.13. The fourth-order valence-corrected chi connectivity index (χ4v) is 2.44. The summed E-state index contributed by atoms with van der Waals surface area (Å²) in [6, 6.07) is 10.3. The Morgan fingerprint density at radius 1 is 1.22 bits per heavy atom. The number of anilines is 1. The molecule has 0 aliphatic heterocycles. The van der Waals surface area contributed by atoms with E-state index in [1.54, 1.807) is 18.2 Å². The summed E-state index contributed by atoms with van der Waals surface area (Å²) in [7, 11) is 0. The summed E-state index contributed by atoms with van der Waals surface area (Å²) < 4.78 is 19.9. The number of hydrogen-bond donors (Lipinski definition) is 1. The fourth-order valence-electron chi connectivity index (χ4n) is 2.44. The number of halogens is 1.